The first-order valence-electron chi connectivity index (χ1n) is 5.50. The topological polar surface area (TPSA) is 26.0 Å². The van der Waals surface area contributed by atoms with Gasteiger partial charge in [0.15, 0.2) is 0 Å². The van der Waals surface area contributed by atoms with Gasteiger partial charge in [0.25, 0.3) is 0 Å². The molecule has 0 radical (unpaired) electrons. The average Bonchev–Trinajstić information content (AvgIpc) is 2.22. The van der Waals surface area contributed by atoms with Gasteiger partial charge in [-0.2, -0.15) is 0 Å². The van der Waals surface area contributed by atoms with Gasteiger partial charge < -0.3 is 5.73 Å². The van der Waals surface area contributed by atoms with Crippen LogP contribution in [-0.4, -0.2) is 0 Å². The molecule has 1 unspecified atom stereocenters. The first-order valence-corrected chi connectivity index (χ1v) is 7.09. The van der Waals surface area contributed by atoms with Crippen molar-refractivity contribution in [3.05, 3.63) is 32.2 Å². The zero-order chi connectivity index (χ0) is 12.5. The molecule has 0 saturated heterocycles. The number of hydrogen-bond donors (Lipinski definition) is 1. The maximum Gasteiger partial charge on any atom is 0.0358 e. The molecule has 2 N–H and O–H groups in total. The molecule has 1 aromatic carbocycles. The Balaban J connectivity index is 3.19. The third kappa shape index (κ3) is 2.88. The summed E-state index contributed by atoms with van der Waals surface area (Å²) in [5.41, 5.74) is 8.85. The van der Waals surface area contributed by atoms with E-state index in [1.165, 1.54) is 11.1 Å². The lowest BCUT2D eigenvalue weighted by molar-refractivity contribution is 0.277. The molecule has 90 valence electrons. The fourth-order valence-corrected chi connectivity index (χ4v) is 2.61. The minimum Gasteiger partial charge on any atom is -0.323 e. The van der Waals surface area contributed by atoms with E-state index in [1.54, 1.807) is 0 Å². The molecule has 0 saturated carbocycles. The number of benzene rings is 1. The summed E-state index contributed by atoms with van der Waals surface area (Å²) in [7, 11) is 0. The molecule has 1 nitrogen and oxygen atoms in total. The number of hydrogen-bond acceptors (Lipinski definition) is 1. The first-order chi connectivity index (χ1) is 7.29. The van der Waals surface area contributed by atoms with E-state index >= 15 is 0 Å². The zero-order valence-corrected chi connectivity index (χ0v) is 13.4. The van der Waals surface area contributed by atoms with Gasteiger partial charge in [-0.15, -0.1) is 0 Å². The van der Waals surface area contributed by atoms with Crippen LogP contribution in [0.25, 0.3) is 0 Å². The predicted molar refractivity (Wildman–Crippen MR) is 77.6 cm³/mol. The molecular weight excluding hydrogens is 330 g/mol. The first kappa shape index (κ1) is 14.2. The van der Waals surface area contributed by atoms with Crippen LogP contribution in [0.3, 0.4) is 0 Å². The van der Waals surface area contributed by atoms with Gasteiger partial charge in [-0.3, -0.25) is 0 Å². The van der Waals surface area contributed by atoms with Crippen LogP contribution in [0.1, 0.15) is 44.4 Å². The molecule has 0 aliphatic rings. The Bertz CT molecular complexity index is 386. The Morgan fingerprint density at radius 3 is 2.31 bits per heavy atom. The van der Waals surface area contributed by atoms with Crippen LogP contribution in [0.5, 0.6) is 0 Å². The molecule has 0 spiro atoms. The van der Waals surface area contributed by atoms with Gasteiger partial charge in [0.1, 0.15) is 0 Å². The van der Waals surface area contributed by atoms with Crippen molar-refractivity contribution in [1.29, 1.82) is 0 Å². The maximum atomic E-state index is 6.35. The molecule has 0 bridgehead atoms. The van der Waals surface area contributed by atoms with E-state index in [0.717, 1.165) is 15.4 Å². The minimum absolute atomic E-state index is 0.0452. The zero-order valence-electron chi connectivity index (χ0n) is 10.3. The molecule has 16 heavy (non-hydrogen) atoms. The monoisotopic (exact) mass is 347 g/mol. The Labute approximate surface area is 115 Å². The van der Waals surface area contributed by atoms with Crippen molar-refractivity contribution in [3.63, 3.8) is 0 Å². The fourth-order valence-electron chi connectivity index (χ4n) is 1.54. The smallest absolute Gasteiger partial charge is 0.0358 e. The number of halogens is 2. The van der Waals surface area contributed by atoms with Crippen LogP contribution >= 0.6 is 31.9 Å². The van der Waals surface area contributed by atoms with Crippen molar-refractivity contribution >= 4 is 31.9 Å². The molecule has 0 aromatic heterocycles. The van der Waals surface area contributed by atoms with Gasteiger partial charge >= 0.3 is 0 Å². The second-order valence-electron chi connectivity index (χ2n) is 4.94. The summed E-state index contributed by atoms with van der Waals surface area (Å²) in [4.78, 5) is 0. The molecular formula is C13H19Br2N. The van der Waals surface area contributed by atoms with Gasteiger partial charge in [-0.05, 0) is 42.0 Å². The van der Waals surface area contributed by atoms with E-state index in [-0.39, 0.29) is 11.5 Å². The second-order valence-corrected chi connectivity index (χ2v) is 6.65. The molecule has 0 fully saturated rings. The Morgan fingerprint density at radius 2 is 1.81 bits per heavy atom. The summed E-state index contributed by atoms with van der Waals surface area (Å²) in [6, 6.07) is 4.29. The molecule has 3 heteroatoms. The van der Waals surface area contributed by atoms with Crippen molar-refractivity contribution < 1.29 is 0 Å². The Morgan fingerprint density at radius 1 is 1.25 bits per heavy atom. The lowest BCUT2D eigenvalue weighted by atomic mass is 9.79. The fraction of sp³-hybridized carbons (Fsp3) is 0.538. The molecule has 1 aromatic rings. The highest BCUT2D eigenvalue weighted by molar-refractivity contribution is 9.11. The lowest BCUT2D eigenvalue weighted by Gasteiger charge is -2.31. The summed E-state index contributed by atoms with van der Waals surface area (Å²) in [5.74, 6) is 0. The van der Waals surface area contributed by atoms with Crippen molar-refractivity contribution in [2.24, 2.45) is 11.1 Å². The summed E-state index contributed by atoms with van der Waals surface area (Å²) in [5, 5.41) is 0. The van der Waals surface area contributed by atoms with E-state index in [9.17, 15) is 0 Å². The molecule has 0 aliphatic heterocycles. The quantitative estimate of drug-likeness (QED) is 0.821. The van der Waals surface area contributed by atoms with Crippen LogP contribution < -0.4 is 5.73 Å². The SMILES string of the molecule is CCC(C)(C)C(N)c1cc(Br)c(C)cc1Br. The van der Waals surface area contributed by atoms with Crippen molar-refractivity contribution in [2.45, 2.75) is 40.2 Å². The highest BCUT2D eigenvalue weighted by Crippen LogP contribution is 2.39. The lowest BCUT2D eigenvalue weighted by Crippen LogP contribution is -2.28. The minimum atomic E-state index is 0.0452. The normalized spacial score (nSPS) is 13.9. The number of rotatable bonds is 3. The van der Waals surface area contributed by atoms with Crippen molar-refractivity contribution in [3.8, 4) is 0 Å². The van der Waals surface area contributed by atoms with Crippen LogP contribution in [0.15, 0.2) is 21.1 Å². The number of aryl methyl sites for hydroxylation is 1. The van der Waals surface area contributed by atoms with Crippen LogP contribution in [0, 0.1) is 12.3 Å². The third-order valence-electron chi connectivity index (χ3n) is 3.37. The predicted octanol–water partition coefficient (Wildman–Crippen LogP) is 4.96. The van der Waals surface area contributed by atoms with E-state index < -0.39 is 0 Å². The summed E-state index contributed by atoms with van der Waals surface area (Å²) in [6.45, 7) is 8.67. The molecule has 0 heterocycles. The van der Waals surface area contributed by atoms with Crippen molar-refractivity contribution in [1.82, 2.24) is 0 Å². The van der Waals surface area contributed by atoms with E-state index in [4.69, 9.17) is 5.73 Å². The summed E-state index contributed by atoms with van der Waals surface area (Å²) < 4.78 is 2.22. The highest BCUT2D eigenvalue weighted by atomic mass is 79.9. The van der Waals surface area contributed by atoms with E-state index in [0.29, 0.717) is 0 Å². The van der Waals surface area contributed by atoms with Gasteiger partial charge in [0.05, 0.1) is 0 Å². The van der Waals surface area contributed by atoms with E-state index in [2.05, 4.69) is 71.7 Å². The van der Waals surface area contributed by atoms with Crippen LogP contribution in [-0.2, 0) is 0 Å². The molecule has 0 aliphatic carbocycles. The third-order valence-corrected chi connectivity index (χ3v) is 4.91. The largest absolute Gasteiger partial charge is 0.323 e. The molecule has 1 atom stereocenters. The summed E-state index contributed by atoms with van der Waals surface area (Å²) >= 11 is 7.16. The van der Waals surface area contributed by atoms with Gasteiger partial charge in [0.2, 0.25) is 0 Å². The second kappa shape index (κ2) is 5.19. The van der Waals surface area contributed by atoms with Gasteiger partial charge in [-0.25, -0.2) is 0 Å². The molecule has 1 rings (SSSR count). The Hall–Kier alpha value is 0.140. The summed E-state index contributed by atoms with van der Waals surface area (Å²) in [6.07, 6.45) is 1.06. The average molecular weight is 349 g/mol. The molecule has 0 amide bonds. The van der Waals surface area contributed by atoms with E-state index in [1.807, 2.05) is 0 Å². The Kier molecular flexibility index (Phi) is 4.61. The van der Waals surface area contributed by atoms with Crippen LogP contribution in [0.2, 0.25) is 0 Å². The van der Waals surface area contributed by atoms with Gasteiger partial charge in [0, 0.05) is 15.0 Å². The highest BCUT2D eigenvalue weighted by Gasteiger charge is 2.27. The van der Waals surface area contributed by atoms with Crippen LogP contribution in [0.4, 0.5) is 0 Å². The van der Waals surface area contributed by atoms with Gasteiger partial charge in [-0.1, -0.05) is 52.6 Å². The number of nitrogens with two attached hydrogens (primary N) is 1. The standard InChI is InChI=1S/C13H19Br2N/c1-5-13(3,4)12(16)9-7-10(14)8(2)6-11(9)15/h6-7,12H,5,16H2,1-4H3. The maximum absolute atomic E-state index is 6.35. The van der Waals surface area contributed by atoms with Crippen molar-refractivity contribution in [2.75, 3.05) is 0 Å².